The summed E-state index contributed by atoms with van der Waals surface area (Å²) in [4.78, 5) is 8.15. The van der Waals surface area contributed by atoms with Gasteiger partial charge in [0, 0.05) is 17.1 Å². The van der Waals surface area contributed by atoms with E-state index in [0.717, 1.165) is 4.47 Å². The molecule has 0 aromatic carbocycles. The van der Waals surface area contributed by atoms with Crippen LogP contribution in [0.15, 0.2) is 17.0 Å². The number of aliphatic hydroxyl groups excluding tert-OH is 2. The minimum Gasteiger partial charge on any atom is -0.394 e. The summed E-state index contributed by atoms with van der Waals surface area (Å²) in [5.74, 6) is 0.382. The number of halogens is 1. The average molecular weight is 329 g/mol. The minimum absolute atomic E-state index is 0.213. The van der Waals surface area contributed by atoms with Gasteiger partial charge in [0.1, 0.15) is 30.1 Å². The molecule has 4 N–H and O–H groups in total. The van der Waals surface area contributed by atoms with Crippen LogP contribution in [0.1, 0.15) is 12.6 Å². The average Bonchev–Trinajstić information content (AvgIpc) is 2.91. The highest BCUT2D eigenvalue weighted by Gasteiger charge is 2.35. The van der Waals surface area contributed by atoms with Gasteiger partial charge in [-0.2, -0.15) is 0 Å². The molecule has 0 saturated carbocycles. The number of rotatable bonds is 2. The molecule has 3 heterocycles. The fraction of sp³-hybridized carbons (Fsp3) is 0.455. The molecular weight excluding hydrogens is 316 g/mol. The molecule has 8 heteroatoms. The Morgan fingerprint density at radius 3 is 3.00 bits per heavy atom. The first-order chi connectivity index (χ1) is 9.11. The molecule has 3 atom stereocenters. The van der Waals surface area contributed by atoms with Gasteiger partial charge in [-0.1, -0.05) is 0 Å². The first kappa shape index (κ1) is 12.8. The van der Waals surface area contributed by atoms with Crippen molar-refractivity contribution in [3.8, 4) is 0 Å². The van der Waals surface area contributed by atoms with Gasteiger partial charge in [-0.15, -0.1) is 0 Å². The maximum atomic E-state index is 9.79. The molecule has 2 aromatic heterocycles. The van der Waals surface area contributed by atoms with Crippen molar-refractivity contribution in [1.82, 2.24) is 14.5 Å². The third-order valence-corrected chi connectivity index (χ3v) is 3.89. The van der Waals surface area contributed by atoms with Gasteiger partial charge in [0.15, 0.2) is 0 Å². The predicted octanol–water partition coefficient (Wildman–Crippen LogP) is 0.417. The molecule has 3 rings (SSSR count). The van der Waals surface area contributed by atoms with Crippen LogP contribution in [0, 0.1) is 0 Å². The number of anilines is 1. The lowest BCUT2D eigenvalue weighted by Crippen LogP contribution is -2.24. The van der Waals surface area contributed by atoms with Crippen LogP contribution in [0.5, 0.6) is 0 Å². The summed E-state index contributed by atoms with van der Waals surface area (Å²) >= 11 is 3.41. The van der Waals surface area contributed by atoms with E-state index in [1.807, 2.05) is 0 Å². The van der Waals surface area contributed by atoms with Gasteiger partial charge in [-0.3, -0.25) is 0 Å². The van der Waals surface area contributed by atoms with Gasteiger partial charge in [0.25, 0.3) is 0 Å². The zero-order chi connectivity index (χ0) is 13.6. The van der Waals surface area contributed by atoms with Crippen LogP contribution in [0.2, 0.25) is 0 Å². The summed E-state index contributed by atoms with van der Waals surface area (Å²) in [5, 5.41) is 19.6. The number of hydrogen-bond acceptors (Lipinski definition) is 6. The van der Waals surface area contributed by atoms with E-state index >= 15 is 0 Å². The topological polar surface area (TPSA) is 106 Å². The van der Waals surface area contributed by atoms with E-state index in [1.54, 1.807) is 10.8 Å². The lowest BCUT2D eigenvalue weighted by molar-refractivity contribution is -0.0430. The molecule has 0 amide bonds. The Morgan fingerprint density at radius 1 is 1.53 bits per heavy atom. The van der Waals surface area contributed by atoms with Gasteiger partial charge in [0.2, 0.25) is 0 Å². The summed E-state index contributed by atoms with van der Waals surface area (Å²) in [6.07, 6.45) is 1.94. The van der Waals surface area contributed by atoms with Gasteiger partial charge in [0.05, 0.1) is 18.1 Å². The van der Waals surface area contributed by atoms with Gasteiger partial charge < -0.3 is 25.3 Å². The highest BCUT2D eigenvalue weighted by atomic mass is 79.9. The standard InChI is InChI=1S/C11H13BrN4O3/c12-5-2-16(8-1-6(18)7(3-17)19-8)11-9(5)10(13)14-4-15-11/h2,4,6-8,17-18H,1,3H2,(H2,13,14,15)/t6-,7+,8+/m0/s1. The number of nitrogen functional groups attached to an aromatic ring is 1. The van der Waals surface area contributed by atoms with E-state index < -0.39 is 12.2 Å². The molecule has 0 unspecified atom stereocenters. The Kier molecular flexibility index (Phi) is 3.17. The number of aliphatic hydroxyl groups is 2. The molecule has 1 saturated heterocycles. The minimum atomic E-state index is -0.689. The van der Waals surface area contributed by atoms with E-state index in [2.05, 4.69) is 25.9 Å². The van der Waals surface area contributed by atoms with Crippen molar-refractivity contribution in [2.75, 3.05) is 12.3 Å². The number of nitrogens with zero attached hydrogens (tertiary/aromatic N) is 3. The first-order valence-electron chi connectivity index (χ1n) is 5.82. The van der Waals surface area contributed by atoms with Crippen LogP contribution >= 0.6 is 15.9 Å². The third kappa shape index (κ3) is 2.00. The molecule has 102 valence electrons. The van der Waals surface area contributed by atoms with E-state index in [1.165, 1.54) is 6.33 Å². The summed E-state index contributed by atoms with van der Waals surface area (Å²) < 4.78 is 8.17. The maximum Gasteiger partial charge on any atom is 0.148 e. The van der Waals surface area contributed by atoms with Crippen molar-refractivity contribution in [3.63, 3.8) is 0 Å². The molecule has 2 aromatic rings. The Labute approximate surface area is 117 Å². The normalized spacial score (nSPS) is 27.2. The fourth-order valence-electron chi connectivity index (χ4n) is 2.33. The predicted molar refractivity (Wildman–Crippen MR) is 71.3 cm³/mol. The molecule has 7 nitrogen and oxygen atoms in total. The summed E-state index contributed by atoms with van der Waals surface area (Å²) in [6.45, 7) is -0.213. The van der Waals surface area contributed by atoms with Crippen LogP contribution in [-0.4, -0.2) is 43.6 Å². The Hall–Kier alpha value is -1.22. The van der Waals surface area contributed by atoms with Gasteiger partial charge >= 0.3 is 0 Å². The molecular formula is C11H13BrN4O3. The SMILES string of the molecule is Nc1ncnc2c1c(Br)cn2[C@H]1C[C@H](O)[C@@H](CO)O1. The molecule has 1 aliphatic rings. The van der Waals surface area contributed by atoms with Crippen molar-refractivity contribution >= 4 is 32.8 Å². The molecule has 0 radical (unpaired) electrons. The first-order valence-corrected chi connectivity index (χ1v) is 6.62. The molecule has 0 aliphatic carbocycles. The second kappa shape index (κ2) is 4.71. The van der Waals surface area contributed by atoms with Gasteiger partial charge in [-0.25, -0.2) is 9.97 Å². The van der Waals surface area contributed by atoms with Crippen LogP contribution in [-0.2, 0) is 4.74 Å². The molecule has 1 fully saturated rings. The fourth-order valence-corrected chi connectivity index (χ4v) is 2.93. The largest absolute Gasteiger partial charge is 0.394 e. The van der Waals surface area contributed by atoms with E-state index in [0.29, 0.717) is 23.3 Å². The Balaban J connectivity index is 2.05. The van der Waals surface area contributed by atoms with Crippen LogP contribution < -0.4 is 5.73 Å². The Bertz CT molecular complexity index is 617. The Morgan fingerprint density at radius 2 is 2.32 bits per heavy atom. The van der Waals surface area contributed by atoms with Crippen molar-refractivity contribution in [1.29, 1.82) is 0 Å². The summed E-state index contributed by atoms with van der Waals surface area (Å²) in [5.41, 5.74) is 6.46. The molecule has 19 heavy (non-hydrogen) atoms. The van der Waals surface area contributed by atoms with E-state index in [9.17, 15) is 5.11 Å². The van der Waals surface area contributed by atoms with Crippen molar-refractivity contribution in [2.45, 2.75) is 24.9 Å². The lowest BCUT2D eigenvalue weighted by Gasteiger charge is -2.14. The smallest absolute Gasteiger partial charge is 0.148 e. The third-order valence-electron chi connectivity index (χ3n) is 3.29. The maximum absolute atomic E-state index is 9.79. The number of fused-ring (bicyclic) bond motifs is 1. The molecule has 0 spiro atoms. The lowest BCUT2D eigenvalue weighted by atomic mass is 10.2. The number of nitrogens with two attached hydrogens (primary N) is 1. The second-order valence-electron chi connectivity index (χ2n) is 4.46. The zero-order valence-corrected chi connectivity index (χ0v) is 11.5. The number of hydrogen-bond donors (Lipinski definition) is 3. The second-order valence-corrected chi connectivity index (χ2v) is 5.31. The van der Waals surface area contributed by atoms with Crippen LogP contribution in [0.4, 0.5) is 5.82 Å². The number of aromatic nitrogens is 3. The van der Waals surface area contributed by atoms with Gasteiger partial charge in [-0.05, 0) is 15.9 Å². The van der Waals surface area contributed by atoms with Crippen molar-refractivity contribution in [3.05, 3.63) is 17.0 Å². The molecule has 0 bridgehead atoms. The van der Waals surface area contributed by atoms with Crippen LogP contribution in [0.25, 0.3) is 11.0 Å². The monoisotopic (exact) mass is 328 g/mol. The van der Waals surface area contributed by atoms with Crippen molar-refractivity contribution in [2.24, 2.45) is 0 Å². The van der Waals surface area contributed by atoms with Crippen molar-refractivity contribution < 1.29 is 14.9 Å². The highest BCUT2D eigenvalue weighted by Crippen LogP contribution is 2.35. The summed E-state index contributed by atoms with van der Waals surface area (Å²) in [7, 11) is 0. The summed E-state index contributed by atoms with van der Waals surface area (Å²) in [6, 6.07) is 0. The molecule has 1 aliphatic heterocycles. The van der Waals surface area contributed by atoms with E-state index in [-0.39, 0.29) is 12.8 Å². The highest BCUT2D eigenvalue weighted by molar-refractivity contribution is 9.10. The van der Waals surface area contributed by atoms with Crippen LogP contribution in [0.3, 0.4) is 0 Å². The number of ether oxygens (including phenoxy) is 1. The van der Waals surface area contributed by atoms with E-state index in [4.69, 9.17) is 15.6 Å². The zero-order valence-electron chi connectivity index (χ0n) is 9.90. The quantitative estimate of drug-likeness (QED) is 0.737.